The largest absolute Gasteiger partial charge is 0.426 e. The SMILES string of the molecule is O=C1CC=C2C(=Cc3ccccc32)O1. The molecule has 0 saturated heterocycles. The Hall–Kier alpha value is -1.83. The van der Waals surface area contributed by atoms with Crippen molar-refractivity contribution in [3.8, 4) is 0 Å². The zero-order valence-electron chi connectivity index (χ0n) is 7.49. The van der Waals surface area contributed by atoms with Crippen molar-refractivity contribution < 1.29 is 9.53 Å². The molecule has 2 nitrogen and oxygen atoms in total. The van der Waals surface area contributed by atoms with Gasteiger partial charge >= 0.3 is 5.97 Å². The summed E-state index contributed by atoms with van der Waals surface area (Å²) in [4.78, 5) is 11.0. The van der Waals surface area contributed by atoms with Crippen LogP contribution < -0.4 is 0 Å². The Morgan fingerprint density at radius 3 is 3.00 bits per heavy atom. The van der Waals surface area contributed by atoms with E-state index in [1.165, 1.54) is 0 Å². The highest BCUT2D eigenvalue weighted by molar-refractivity contribution is 5.98. The smallest absolute Gasteiger partial charge is 0.315 e. The number of hydrogen-bond acceptors (Lipinski definition) is 2. The first-order valence-corrected chi connectivity index (χ1v) is 4.57. The van der Waals surface area contributed by atoms with Gasteiger partial charge in [0.2, 0.25) is 0 Å². The molecule has 0 aromatic heterocycles. The van der Waals surface area contributed by atoms with E-state index in [2.05, 4.69) is 0 Å². The Labute approximate surface area is 81.5 Å². The minimum atomic E-state index is -0.173. The third-order valence-corrected chi connectivity index (χ3v) is 2.50. The molecule has 68 valence electrons. The highest BCUT2D eigenvalue weighted by Gasteiger charge is 2.24. The molecule has 0 amide bonds. The summed E-state index contributed by atoms with van der Waals surface area (Å²) in [6, 6.07) is 8.04. The monoisotopic (exact) mass is 184 g/mol. The lowest BCUT2D eigenvalue weighted by atomic mass is 10.0. The molecule has 0 fully saturated rings. The molecule has 0 N–H and O–H groups in total. The van der Waals surface area contributed by atoms with Crippen molar-refractivity contribution in [2.75, 3.05) is 0 Å². The second-order valence-electron chi connectivity index (χ2n) is 3.39. The van der Waals surface area contributed by atoms with Crippen LogP contribution >= 0.6 is 0 Å². The number of carbonyl (C=O) groups is 1. The van der Waals surface area contributed by atoms with Crippen molar-refractivity contribution in [1.29, 1.82) is 0 Å². The van der Waals surface area contributed by atoms with E-state index in [-0.39, 0.29) is 5.97 Å². The molecule has 1 aromatic carbocycles. The van der Waals surface area contributed by atoms with Crippen LogP contribution in [0.25, 0.3) is 11.6 Å². The van der Waals surface area contributed by atoms with Crippen molar-refractivity contribution in [2.45, 2.75) is 6.42 Å². The van der Waals surface area contributed by atoms with Gasteiger partial charge in [-0.3, -0.25) is 4.79 Å². The van der Waals surface area contributed by atoms with Crippen LogP contribution in [0.15, 0.2) is 36.1 Å². The Balaban J connectivity index is 2.20. The fourth-order valence-corrected chi connectivity index (χ4v) is 1.86. The van der Waals surface area contributed by atoms with E-state index in [1.54, 1.807) is 0 Å². The Morgan fingerprint density at radius 1 is 1.21 bits per heavy atom. The van der Waals surface area contributed by atoms with Gasteiger partial charge in [0, 0.05) is 5.57 Å². The number of hydrogen-bond donors (Lipinski definition) is 0. The standard InChI is InChI=1S/C12H8O2/c13-12-6-5-10-9-4-2-1-3-8(9)7-11(10)14-12/h1-5,7H,6H2. The Morgan fingerprint density at radius 2 is 2.07 bits per heavy atom. The minimum absolute atomic E-state index is 0.173. The maximum Gasteiger partial charge on any atom is 0.315 e. The summed E-state index contributed by atoms with van der Waals surface area (Å²) in [5.74, 6) is 0.523. The predicted molar refractivity (Wildman–Crippen MR) is 53.1 cm³/mol. The zero-order valence-corrected chi connectivity index (χ0v) is 7.49. The van der Waals surface area contributed by atoms with Gasteiger partial charge in [0.1, 0.15) is 5.76 Å². The van der Waals surface area contributed by atoms with E-state index in [0.717, 1.165) is 16.7 Å². The lowest BCUT2D eigenvalue weighted by molar-refractivity contribution is -0.138. The second-order valence-corrected chi connectivity index (χ2v) is 3.39. The molecule has 2 aliphatic rings. The summed E-state index contributed by atoms with van der Waals surface area (Å²) < 4.78 is 5.15. The fourth-order valence-electron chi connectivity index (χ4n) is 1.86. The van der Waals surface area contributed by atoms with Crippen molar-refractivity contribution in [3.63, 3.8) is 0 Å². The van der Waals surface area contributed by atoms with Crippen molar-refractivity contribution in [2.24, 2.45) is 0 Å². The highest BCUT2D eigenvalue weighted by atomic mass is 16.5. The van der Waals surface area contributed by atoms with Crippen LogP contribution in [-0.2, 0) is 9.53 Å². The van der Waals surface area contributed by atoms with Gasteiger partial charge in [0.25, 0.3) is 0 Å². The minimum Gasteiger partial charge on any atom is -0.426 e. The Bertz CT molecular complexity index is 481. The topological polar surface area (TPSA) is 26.3 Å². The van der Waals surface area contributed by atoms with Gasteiger partial charge in [0.15, 0.2) is 0 Å². The molecule has 14 heavy (non-hydrogen) atoms. The normalized spacial score (nSPS) is 17.9. The third-order valence-electron chi connectivity index (χ3n) is 2.50. The molecule has 0 unspecified atom stereocenters. The first-order valence-electron chi connectivity index (χ1n) is 4.57. The predicted octanol–water partition coefficient (Wildman–Crippen LogP) is 2.37. The third kappa shape index (κ3) is 0.940. The first-order chi connectivity index (χ1) is 6.84. The molecule has 3 rings (SSSR count). The lowest BCUT2D eigenvalue weighted by Crippen LogP contribution is -2.07. The molecule has 2 heteroatoms. The number of carbonyl (C=O) groups excluding carboxylic acids is 1. The quantitative estimate of drug-likeness (QED) is 0.578. The van der Waals surface area contributed by atoms with Gasteiger partial charge in [-0.15, -0.1) is 0 Å². The molecule has 1 aliphatic heterocycles. The number of rotatable bonds is 0. The van der Waals surface area contributed by atoms with Crippen LogP contribution in [0.3, 0.4) is 0 Å². The van der Waals surface area contributed by atoms with Gasteiger partial charge in [-0.1, -0.05) is 30.3 Å². The van der Waals surface area contributed by atoms with Crippen LogP contribution in [0.2, 0.25) is 0 Å². The van der Waals surface area contributed by atoms with Crippen LogP contribution in [0.4, 0.5) is 0 Å². The molecule has 0 spiro atoms. The number of benzene rings is 1. The first kappa shape index (κ1) is 7.56. The van der Waals surface area contributed by atoms with Crippen LogP contribution in [-0.4, -0.2) is 5.97 Å². The van der Waals surface area contributed by atoms with Gasteiger partial charge in [-0.2, -0.15) is 0 Å². The molecule has 1 aliphatic carbocycles. The summed E-state index contributed by atoms with van der Waals surface area (Å²) in [7, 11) is 0. The molecule has 0 bridgehead atoms. The van der Waals surface area contributed by atoms with Crippen LogP contribution in [0.5, 0.6) is 0 Å². The van der Waals surface area contributed by atoms with E-state index in [0.29, 0.717) is 12.2 Å². The fraction of sp³-hybridized carbons (Fsp3) is 0.0833. The summed E-state index contributed by atoms with van der Waals surface area (Å²) in [5.41, 5.74) is 3.35. The molecular formula is C12H8O2. The van der Waals surface area contributed by atoms with Crippen molar-refractivity contribution in [1.82, 2.24) is 0 Å². The van der Waals surface area contributed by atoms with Gasteiger partial charge in [-0.05, 0) is 17.2 Å². The van der Waals surface area contributed by atoms with Gasteiger partial charge in [-0.25, -0.2) is 0 Å². The van der Waals surface area contributed by atoms with Gasteiger partial charge in [0.05, 0.1) is 6.42 Å². The van der Waals surface area contributed by atoms with E-state index in [4.69, 9.17) is 4.74 Å². The average Bonchev–Trinajstić information content (AvgIpc) is 2.54. The van der Waals surface area contributed by atoms with Crippen LogP contribution in [0, 0.1) is 0 Å². The highest BCUT2D eigenvalue weighted by Crippen LogP contribution is 2.38. The maximum absolute atomic E-state index is 11.0. The van der Waals surface area contributed by atoms with E-state index in [1.807, 2.05) is 36.4 Å². The molecule has 0 saturated carbocycles. The van der Waals surface area contributed by atoms with E-state index < -0.39 is 0 Å². The molecule has 1 aromatic rings. The number of ether oxygens (including phenoxy) is 1. The lowest BCUT2D eigenvalue weighted by Gasteiger charge is -2.12. The number of fused-ring (bicyclic) bond motifs is 3. The summed E-state index contributed by atoms with van der Waals surface area (Å²) in [6.07, 6.45) is 4.22. The molecule has 0 radical (unpaired) electrons. The molecule has 1 heterocycles. The zero-order chi connectivity index (χ0) is 9.54. The summed E-state index contributed by atoms with van der Waals surface area (Å²) in [5, 5.41) is 0. The summed E-state index contributed by atoms with van der Waals surface area (Å²) in [6.45, 7) is 0. The molecule has 0 atom stereocenters. The second kappa shape index (κ2) is 2.58. The van der Waals surface area contributed by atoms with Crippen molar-refractivity contribution >= 4 is 17.6 Å². The number of esters is 1. The maximum atomic E-state index is 11.0. The van der Waals surface area contributed by atoms with E-state index in [9.17, 15) is 4.79 Å². The van der Waals surface area contributed by atoms with Crippen molar-refractivity contribution in [3.05, 3.63) is 47.2 Å². The van der Waals surface area contributed by atoms with Crippen LogP contribution in [0.1, 0.15) is 17.5 Å². The average molecular weight is 184 g/mol. The molecular weight excluding hydrogens is 176 g/mol. The van der Waals surface area contributed by atoms with E-state index >= 15 is 0 Å². The number of allylic oxidation sites excluding steroid dienone is 1. The summed E-state index contributed by atoms with van der Waals surface area (Å²) >= 11 is 0. The Kier molecular flexibility index (Phi) is 1.39. The van der Waals surface area contributed by atoms with Gasteiger partial charge < -0.3 is 4.74 Å².